The molecule has 0 aliphatic carbocycles. The summed E-state index contributed by atoms with van der Waals surface area (Å²) in [6.07, 6.45) is -0.0479. The van der Waals surface area contributed by atoms with Gasteiger partial charge in [0, 0.05) is 18.5 Å². The molecular weight excluding hydrogens is 380 g/mol. The van der Waals surface area contributed by atoms with Crippen molar-refractivity contribution in [3.05, 3.63) is 45.9 Å². The van der Waals surface area contributed by atoms with E-state index in [1.54, 1.807) is 40.5 Å². The summed E-state index contributed by atoms with van der Waals surface area (Å²) in [6.45, 7) is 6.89. The molecule has 1 amide bonds. The van der Waals surface area contributed by atoms with Crippen LogP contribution in [-0.2, 0) is 20.9 Å². The molecule has 150 valence electrons. The first-order valence-electron chi connectivity index (χ1n) is 9.15. The Labute approximate surface area is 168 Å². The number of hydrogen-bond acceptors (Lipinski definition) is 7. The van der Waals surface area contributed by atoms with Crippen LogP contribution in [0.3, 0.4) is 0 Å². The lowest BCUT2D eigenvalue weighted by molar-refractivity contribution is -0.146. The highest BCUT2D eigenvalue weighted by Gasteiger charge is 2.26. The monoisotopic (exact) mass is 404 g/mol. The molecule has 1 fully saturated rings. The summed E-state index contributed by atoms with van der Waals surface area (Å²) in [5, 5.41) is 2.95. The third-order valence-electron chi connectivity index (χ3n) is 4.24. The van der Waals surface area contributed by atoms with Crippen LogP contribution in [0.5, 0.6) is 5.75 Å². The molecule has 28 heavy (non-hydrogen) atoms. The van der Waals surface area contributed by atoms with Gasteiger partial charge in [-0.25, -0.2) is 9.78 Å². The van der Waals surface area contributed by atoms with Gasteiger partial charge in [-0.3, -0.25) is 4.79 Å². The lowest BCUT2D eigenvalue weighted by Crippen LogP contribution is -2.49. The van der Waals surface area contributed by atoms with E-state index in [0.717, 1.165) is 10.7 Å². The highest BCUT2D eigenvalue weighted by molar-refractivity contribution is 7.09. The number of hydrogen-bond donors (Lipinski definition) is 0. The maximum absolute atomic E-state index is 12.3. The number of amides is 1. The number of thiazole rings is 1. The average molecular weight is 404 g/mol. The van der Waals surface area contributed by atoms with Crippen molar-refractivity contribution in [2.45, 2.75) is 39.6 Å². The second-order valence-corrected chi connectivity index (χ2v) is 7.87. The van der Waals surface area contributed by atoms with Crippen LogP contribution in [0.2, 0.25) is 0 Å². The molecule has 1 saturated heterocycles. The van der Waals surface area contributed by atoms with Crippen LogP contribution in [0.25, 0.3) is 0 Å². The third-order valence-corrected chi connectivity index (χ3v) is 5.06. The summed E-state index contributed by atoms with van der Waals surface area (Å²) in [5.41, 5.74) is 1.24. The van der Waals surface area contributed by atoms with E-state index >= 15 is 0 Å². The van der Waals surface area contributed by atoms with Crippen LogP contribution in [0.1, 0.15) is 34.9 Å². The molecule has 0 saturated carbocycles. The van der Waals surface area contributed by atoms with Crippen molar-refractivity contribution in [1.82, 2.24) is 9.88 Å². The standard InChI is InChI=1S/C20H24N2O5S/c1-13-8-22(9-14(2)27-13)19(23)11-26-20(24)16-4-6-18(7-5-16)25-10-17-12-28-15(3)21-17/h4-7,12-14H,8-11H2,1-3H3/t13-,14-/m0/s1. The first-order chi connectivity index (χ1) is 13.4. The lowest BCUT2D eigenvalue weighted by Gasteiger charge is -2.35. The minimum Gasteiger partial charge on any atom is -0.487 e. The van der Waals surface area contributed by atoms with E-state index in [1.807, 2.05) is 26.2 Å². The Morgan fingerprint density at radius 3 is 2.50 bits per heavy atom. The Kier molecular flexibility index (Phi) is 6.64. The van der Waals surface area contributed by atoms with Gasteiger partial charge in [0.1, 0.15) is 12.4 Å². The number of nitrogens with zero attached hydrogens (tertiary/aromatic N) is 2. The summed E-state index contributed by atoms with van der Waals surface area (Å²) < 4.78 is 16.4. The van der Waals surface area contributed by atoms with Gasteiger partial charge in [0.25, 0.3) is 5.91 Å². The Morgan fingerprint density at radius 1 is 1.21 bits per heavy atom. The van der Waals surface area contributed by atoms with Crippen LogP contribution >= 0.6 is 11.3 Å². The van der Waals surface area contributed by atoms with Gasteiger partial charge in [0.2, 0.25) is 0 Å². The first kappa shape index (κ1) is 20.3. The van der Waals surface area contributed by atoms with Gasteiger partial charge < -0.3 is 19.1 Å². The van der Waals surface area contributed by atoms with E-state index in [4.69, 9.17) is 14.2 Å². The second-order valence-electron chi connectivity index (χ2n) is 6.80. The van der Waals surface area contributed by atoms with Crippen molar-refractivity contribution in [2.24, 2.45) is 0 Å². The van der Waals surface area contributed by atoms with Crippen LogP contribution in [0, 0.1) is 6.92 Å². The Hall–Kier alpha value is -2.45. The van der Waals surface area contributed by atoms with Crippen LogP contribution < -0.4 is 4.74 Å². The van der Waals surface area contributed by atoms with Gasteiger partial charge in [-0.2, -0.15) is 0 Å². The molecule has 1 aliphatic rings. The summed E-state index contributed by atoms with van der Waals surface area (Å²) in [6, 6.07) is 6.63. The predicted molar refractivity (Wildman–Crippen MR) is 104 cm³/mol. The van der Waals surface area contributed by atoms with Crippen molar-refractivity contribution in [1.29, 1.82) is 0 Å². The van der Waals surface area contributed by atoms with Crippen molar-refractivity contribution < 1.29 is 23.8 Å². The van der Waals surface area contributed by atoms with Crippen molar-refractivity contribution >= 4 is 23.2 Å². The zero-order chi connectivity index (χ0) is 20.1. The van der Waals surface area contributed by atoms with Crippen LogP contribution in [0.15, 0.2) is 29.6 Å². The van der Waals surface area contributed by atoms with Gasteiger partial charge in [-0.1, -0.05) is 0 Å². The Morgan fingerprint density at radius 2 is 1.89 bits per heavy atom. The minimum atomic E-state index is -0.538. The number of ether oxygens (including phenoxy) is 3. The van der Waals surface area contributed by atoms with E-state index in [2.05, 4.69) is 4.98 Å². The fourth-order valence-corrected chi connectivity index (χ4v) is 3.60. The zero-order valence-corrected chi connectivity index (χ0v) is 17.0. The van der Waals surface area contributed by atoms with E-state index < -0.39 is 5.97 Å². The maximum Gasteiger partial charge on any atom is 0.338 e. The van der Waals surface area contributed by atoms with Gasteiger partial charge in [-0.15, -0.1) is 11.3 Å². The molecule has 1 aliphatic heterocycles. The maximum atomic E-state index is 12.3. The second kappa shape index (κ2) is 9.16. The fraction of sp³-hybridized carbons (Fsp3) is 0.450. The number of esters is 1. The fourth-order valence-electron chi connectivity index (χ4n) is 3.00. The van der Waals surface area contributed by atoms with E-state index in [0.29, 0.717) is 31.0 Å². The van der Waals surface area contributed by atoms with Crippen LogP contribution in [0.4, 0.5) is 0 Å². The molecule has 0 spiro atoms. The van der Waals surface area contributed by atoms with Gasteiger partial charge >= 0.3 is 5.97 Å². The largest absolute Gasteiger partial charge is 0.487 e. The van der Waals surface area contributed by atoms with Crippen LogP contribution in [-0.4, -0.2) is 53.7 Å². The molecule has 0 bridgehead atoms. The zero-order valence-electron chi connectivity index (χ0n) is 16.2. The number of carbonyl (C=O) groups excluding carboxylic acids is 2. The molecule has 7 nitrogen and oxygen atoms in total. The number of benzene rings is 1. The summed E-state index contributed by atoms with van der Waals surface area (Å²) in [5.74, 6) is -0.118. The molecule has 1 aromatic carbocycles. The van der Waals surface area contributed by atoms with Crippen molar-refractivity contribution in [3.8, 4) is 5.75 Å². The quantitative estimate of drug-likeness (QED) is 0.689. The average Bonchev–Trinajstić information content (AvgIpc) is 3.09. The highest BCUT2D eigenvalue weighted by atomic mass is 32.1. The van der Waals surface area contributed by atoms with Gasteiger partial charge in [0.15, 0.2) is 6.61 Å². The van der Waals surface area contributed by atoms with Gasteiger partial charge in [0.05, 0.1) is 28.5 Å². The summed E-state index contributed by atoms with van der Waals surface area (Å²) >= 11 is 1.57. The Balaban J connectivity index is 1.47. The molecule has 8 heteroatoms. The molecule has 0 unspecified atom stereocenters. The summed E-state index contributed by atoms with van der Waals surface area (Å²) in [4.78, 5) is 30.5. The topological polar surface area (TPSA) is 78.0 Å². The predicted octanol–water partition coefficient (Wildman–Crippen LogP) is 2.82. The molecule has 0 radical (unpaired) electrons. The smallest absolute Gasteiger partial charge is 0.338 e. The number of rotatable bonds is 6. The lowest BCUT2D eigenvalue weighted by atomic mass is 10.2. The van der Waals surface area contributed by atoms with Crippen molar-refractivity contribution in [3.63, 3.8) is 0 Å². The molecule has 1 aromatic heterocycles. The SMILES string of the molecule is Cc1nc(COc2ccc(C(=O)OCC(=O)N3C[C@H](C)O[C@@H](C)C3)cc2)cs1. The molecule has 2 heterocycles. The normalized spacial score (nSPS) is 19.3. The molecule has 3 rings (SSSR count). The number of carbonyl (C=O) groups is 2. The third kappa shape index (κ3) is 5.53. The van der Waals surface area contributed by atoms with E-state index in [-0.39, 0.29) is 24.7 Å². The van der Waals surface area contributed by atoms with E-state index in [9.17, 15) is 9.59 Å². The highest BCUT2D eigenvalue weighted by Crippen LogP contribution is 2.16. The Bertz CT molecular complexity index is 810. The molecule has 0 N–H and O–H groups in total. The minimum absolute atomic E-state index is 0.0239. The number of aryl methyl sites for hydroxylation is 1. The van der Waals surface area contributed by atoms with Gasteiger partial charge in [-0.05, 0) is 45.0 Å². The molecular formula is C20H24N2O5S. The molecule has 2 aromatic rings. The number of morpholine rings is 1. The first-order valence-corrected chi connectivity index (χ1v) is 10.0. The molecule has 2 atom stereocenters. The summed E-state index contributed by atoms with van der Waals surface area (Å²) in [7, 11) is 0. The number of aromatic nitrogens is 1. The van der Waals surface area contributed by atoms with Crippen molar-refractivity contribution in [2.75, 3.05) is 19.7 Å². The van der Waals surface area contributed by atoms with E-state index in [1.165, 1.54) is 0 Å².